The van der Waals surface area contributed by atoms with Gasteiger partial charge in [0.15, 0.2) is 0 Å². The number of hydrogen-bond acceptors (Lipinski definition) is 2. The second-order valence-electron chi connectivity index (χ2n) is 13.6. The number of para-hydroxylation sites is 2. The van der Waals surface area contributed by atoms with Gasteiger partial charge in [-0.15, -0.1) is 0 Å². The topological polar surface area (TPSA) is 38.3 Å². The van der Waals surface area contributed by atoms with Gasteiger partial charge in [0.2, 0.25) is 0 Å². The van der Waals surface area contributed by atoms with E-state index in [1.165, 1.54) is 26.9 Å². The number of fused-ring (bicyclic) bond motifs is 3. The van der Waals surface area contributed by atoms with E-state index in [1.807, 2.05) is 20.8 Å². The molecule has 1 aliphatic rings. The van der Waals surface area contributed by atoms with Gasteiger partial charge in [-0.3, -0.25) is 0 Å². The molecule has 5 heteroatoms. The number of ether oxygens (including phenoxy) is 1. The van der Waals surface area contributed by atoms with Crippen LogP contribution in [0.15, 0.2) is 140 Å². The molecule has 3 nitrogen and oxygen atoms in total. The van der Waals surface area contributed by atoms with Crippen LogP contribution in [0.3, 0.4) is 0 Å². The molecular weight excluding hydrogens is 614 g/mol. The monoisotopic (exact) mass is 653 g/mol. The molecule has 0 saturated carbocycles. The van der Waals surface area contributed by atoms with E-state index in [0.29, 0.717) is 0 Å². The maximum atomic E-state index is 13.8. The highest BCUT2D eigenvalue weighted by Gasteiger charge is 2.39. The van der Waals surface area contributed by atoms with Crippen LogP contribution in [0, 0.1) is 0 Å². The van der Waals surface area contributed by atoms with Gasteiger partial charge in [0.05, 0.1) is 21.8 Å². The van der Waals surface area contributed by atoms with Crippen molar-refractivity contribution >= 4 is 45.6 Å². The van der Waals surface area contributed by atoms with Crippen molar-refractivity contribution in [3.05, 3.63) is 162 Å². The molecule has 1 heterocycles. The summed E-state index contributed by atoms with van der Waals surface area (Å²) in [5.41, 5.74) is 3.99. The second-order valence-corrected chi connectivity index (χ2v) is 17.8. The van der Waals surface area contributed by atoms with Crippen molar-refractivity contribution in [1.29, 1.82) is 0 Å². The summed E-state index contributed by atoms with van der Waals surface area (Å²) in [6, 6.07) is 49.2. The number of benzene rings is 6. The number of rotatable bonds is 7. The van der Waals surface area contributed by atoms with Gasteiger partial charge in [0.25, 0.3) is 0 Å². The van der Waals surface area contributed by atoms with E-state index in [2.05, 4.69) is 158 Å². The van der Waals surface area contributed by atoms with Gasteiger partial charge in [-0.2, -0.15) is 0 Å². The van der Waals surface area contributed by atoms with Crippen molar-refractivity contribution in [2.24, 2.45) is 0 Å². The van der Waals surface area contributed by atoms with Crippen LogP contribution in [0.25, 0.3) is 10.8 Å². The van der Waals surface area contributed by atoms with Crippen LogP contribution in [0.1, 0.15) is 62.9 Å². The third-order valence-electron chi connectivity index (χ3n) is 9.06. The van der Waals surface area contributed by atoms with Crippen LogP contribution in [0.2, 0.25) is 0 Å². The first kappa shape index (κ1) is 31.5. The van der Waals surface area contributed by atoms with Crippen molar-refractivity contribution < 1.29 is 8.95 Å². The Morgan fingerprint density at radius 1 is 0.660 bits per heavy atom. The van der Waals surface area contributed by atoms with Gasteiger partial charge < -0.3 is 4.74 Å². The van der Waals surface area contributed by atoms with Gasteiger partial charge in [-0.05, 0) is 61.7 Å². The minimum Gasteiger partial charge on any atom is -0.456 e. The molecule has 6 aromatic rings. The van der Waals surface area contributed by atoms with Gasteiger partial charge in [0, 0.05) is 27.4 Å². The molecule has 6 aromatic carbocycles. The minimum atomic E-state index is -1.33. The Labute approximate surface area is 282 Å². The molecule has 0 amide bonds. The Hall–Kier alpha value is -4.08. The van der Waals surface area contributed by atoms with Crippen LogP contribution in [0.4, 0.5) is 0 Å². The van der Waals surface area contributed by atoms with E-state index in [1.54, 1.807) is 0 Å². The molecule has 2 atom stereocenters. The molecule has 0 aliphatic carbocycles. The van der Waals surface area contributed by atoms with E-state index in [4.69, 9.17) is 4.74 Å². The predicted octanol–water partition coefficient (Wildman–Crippen LogP) is 9.17. The molecule has 0 saturated heterocycles. The van der Waals surface area contributed by atoms with Gasteiger partial charge in [-0.25, -0.2) is 8.93 Å². The summed E-state index contributed by atoms with van der Waals surface area (Å²) in [6.45, 7) is 10.6. The zero-order chi connectivity index (χ0) is 32.8. The highest BCUT2D eigenvalue weighted by molar-refractivity contribution is 7.84. The van der Waals surface area contributed by atoms with Crippen LogP contribution in [-0.2, 0) is 16.4 Å². The summed E-state index contributed by atoms with van der Waals surface area (Å²) in [7, 11) is -2.23. The Balaban J connectivity index is 1.42. The van der Waals surface area contributed by atoms with Crippen molar-refractivity contribution in [2.45, 2.75) is 50.8 Å². The van der Waals surface area contributed by atoms with Gasteiger partial charge >= 0.3 is 0 Å². The molecule has 236 valence electrons. The third-order valence-corrected chi connectivity index (χ3v) is 13.1. The average molecular weight is 654 g/mol. The fraction of sp³-hybridized carbons (Fsp3) is 0.190. The lowest BCUT2D eigenvalue weighted by atomic mass is 9.74. The first-order valence-corrected chi connectivity index (χ1v) is 18.6. The van der Waals surface area contributed by atoms with Gasteiger partial charge in [0.1, 0.15) is 11.5 Å². The predicted molar refractivity (Wildman–Crippen MR) is 201 cm³/mol. The maximum Gasteiger partial charge on any atom is 0.139 e. The quantitative estimate of drug-likeness (QED) is 0.175. The molecule has 0 radical (unpaired) electrons. The first-order valence-electron chi connectivity index (χ1n) is 16.1. The lowest BCUT2D eigenvalue weighted by molar-refractivity contribution is 0.413. The summed E-state index contributed by atoms with van der Waals surface area (Å²) in [6.07, 6.45) is 0. The number of hydrogen-bond donors (Lipinski definition) is 1. The smallest absolute Gasteiger partial charge is 0.139 e. The first-order chi connectivity index (χ1) is 22.6. The van der Waals surface area contributed by atoms with E-state index in [-0.39, 0.29) is 11.5 Å². The number of nitrogens with one attached hydrogen (secondary N) is 1. The molecule has 7 rings (SSSR count). The summed E-state index contributed by atoms with van der Waals surface area (Å²) >= 11 is 0. The van der Waals surface area contributed by atoms with Gasteiger partial charge in [-0.1, -0.05) is 147 Å². The van der Waals surface area contributed by atoms with Crippen molar-refractivity contribution in [3.8, 4) is 11.5 Å². The van der Waals surface area contributed by atoms with Crippen molar-refractivity contribution in [3.63, 3.8) is 0 Å². The zero-order valence-corrected chi connectivity index (χ0v) is 29.2. The lowest BCUT2D eigenvalue weighted by Gasteiger charge is -2.38. The Morgan fingerprint density at radius 2 is 1.23 bits per heavy atom. The molecule has 0 unspecified atom stereocenters. The average Bonchev–Trinajstić information content (AvgIpc) is 3.08. The molecule has 0 fully saturated rings. The van der Waals surface area contributed by atoms with Crippen LogP contribution < -0.4 is 25.4 Å². The summed E-state index contributed by atoms with van der Waals surface area (Å²) in [5.74, 6) is 1.76. The fourth-order valence-corrected chi connectivity index (χ4v) is 9.73. The summed E-state index contributed by atoms with van der Waals surface area (Å²) in [4.78, 5) is 0. The normalized spacial score (nSPS) is 15.0. The van der Waals surface area contributed by atoms with Crippen LogP contribution in [-0.4, -0.2) is 8.96 Å². The van der Waals surface area contributed by atoms with E-state index in [0.717, 1.165) is 33.6 Å². The lowest BCUT2D eigenvalue weighted by Crippen LogP contribution is -2.37. The fourth-order valence-electron chi connectivity index (χ4n) is 6.50. The molecule has 47 heavy (non-hydrogen) atoms. The minimum absolute atomic E-state index is 0.333. The molecule has 0 aromatic heterocycles. The summed E-state index contributed by atoms with van der Waals surface area (Å²) in [5, 5.41) is 6.07. The Kier molecular flexibility index (Phi) is 8.39. The molecule has 0 bridgehead atoms. The zero-order valence-electron chi connectivity index (χ0n) is 27.5. The molecule has 1 N–H and O–H groups in total. The largest absolute Gasteiger partial charge is 0.456 e. The van der Waals surface area contributed by atoms with Crippen molar-refractivity contribution in [1.82, 2.24) is 4.72 Å². The highest BCUT2D eigenvalue weighted by Crippen LogP contribution is 2.52. The van der Waals surface area contributed by atoms with Crippen LogP contribution >= 0.6 is 7.92 Å². The highest BCUT2D eigenvalue weighted by atomic mass is 32.2. The summed E-state index contributed by atoms with van der Waals surface area (Å²) < 4.78 is 24.1. The van der Waals surface area contributed by atoms with Crippen LogP contribution in [0.5, 0.6) is 11.5 Å². The SMILES string of the molecule is CC1(C)c2cccc([C@H](N[S@](=O)C(C)(C)C)c3ccc4ccccc4c3)c2Oc2c(P(c3ccccc3)c3ccccc3)cccc21. The van der Waals surface area contributed by atoms with E-state index < -0.39 is 23.7 Å². The Bertz CT molecular complexity index is 2050. The van der Waals surface area contributed by atoms with E-state index >= 15 is 0 Å². The van der Waals surface area contributed by atoms with Crippen molar-refractivity contribution in [2.75, 3.05) is 0 Å². The third kappa shape index (κ3) is 5.95. The Morgan fingerprint density at radius 3 is 1.87 bits per heavy atom. The standard InChI is InChI=1S/C42H40NO2PS/c1-41(2,3)47(44)43-38(31-27-26-29-16-12-13-17-30(29)28-31)34-22-14-23-35-39(34)45-40-36(42(35,4)5)24-15-25-37(40)46(32-18-8-6-9-19-32)33-20-10-7-11-21-33/h6-28,38,43H,1-5H3/t38-,47-/m1/s1. The molecule has 1 aliphatic heterocycles. The van der Waals surface area contributed by atoms with E-state index in [9.17, 15) is 4.21 Å². The maximum absolute atomic E-state index is 13.8. The molecule has 0 spiro atoms. The second kappa shape index (κ2) is 12.5. The molecular formula is C42H40NO2PS.